The van der Waals surface area contributed by atoms with Crippen LogP contribution in [0, 0.1) is 0 Å². The van der Waals surface area contributed by atoms with Crippen LogP contribution < -0.4 is 15.7 Å². The monoisotopic (exact) mass is 407 g/mol. The van der Waals surface area contributed by atoms with Gasteiger partial charge in [-0.2, -0.15) is 8.78 Å². The molecule has 0 unspecified atom stereocenters. The molecule has 1 aromatic heterocycles. The summed E-state index contributed by atoms with van der Waals surface area (Å²) in [5, 5.41) is 3.33. The van der Waals surface area contributed by atoms with Crippen molar-refractivity contribution < 1.29 is 22.7 Å². The summed E-state index contributed by atoms with van der Waals surface area (Å²) in [5.74, 6) is -0.636. The number of fused-ring (bicyclic) bond motifs is 1. The number of halogens is 2. The molecule has 30 heavy (non-hydrogen) atoms. The Morgan fingerprint density at radius 3 is 2.40 bits per heavy atom. The van der Waals surface area contributed by atoms with E-state index in [1.54, 1.807) is 36.4 Å². The number of hydrogen-bond donors (Lipinski definition) is 1. The first-order chi connectivity index (χ1) is 14.5. The van der Waals surface area contributed by atoms with Gasteiger partial charge in [-0.3, -0.25) is 4.79 Å². The van der Waals surface area contributed by atoms with Crippen molar-refractivity contribution in [2.75, 3.05) is 5.32 Å². The van der Waals surface area contributed by atoms with E-state index in [2.05, 4.69) is 10.1 Å². The number of carbonyl (C=O) groups excluding carboxylic acids is 1. The number of amides is 1. The Hall–Kier alpha value is -4.00. The van der Waals surface area contributed by atoms with Crippen LogP contribution in [0.4, 0.5) is 14.5 Å². The number of carbonyl (C=O) groups is 1. The van der Waals surface area contributed by atoms with Crippen molar-refractivity contribution in [3.63, 3.8) is 0 Å². The van der Waals surface area contributed by atoms with Gasteiger partial charge in [0.1, 0.15) is 11.3 Å². The Bertz CT molecular complexity index is 1270. The Kier molecular flexibility index (Phi) is 5.26. The number of anilines is 1. The molecule has 0 spiro atoms. The fraction of sp³-hybridized carbons (Fsp3) is 0.0435. The molecule has 0 saturated heterocycles. The Morgan fingerprint density at radius 1 is 0.933 bits per heavy atom. The third kappa shape index (κ3) is 4.05. The summed E-state index contributed by atoms with van der Waals surface area (Å²) in [5.41, 5.74) is 1.39. The normalized spacial score (nSPS) is 10.9. The van der Waals surface area contributed by atoms with E-state index in [1.165, 1.54) is 30.3 Å². The van der Waals surface area contributed by atoms with Crippen LogP contribution in [0.1, 0.15) is 10.4 Å². The summed E-state index contributed by atoms with van der Waals surface area (Å²) in [4.78, 5) is 24.8. The quantitative estimate of drug-likeness (QED) is 0.455. The van der Waals surface area contributed by atoms with Crippen LogP contribution in [0.15, 0.2) is 88.1 Å². The first-order valence-corrected chi connectivity index (χ1v) is 9.00. The van der Waals surface area contributed by atoms with Gasteiger partial charge >= 0.3 is 12.2 Å². The van der Waals surface area contributed by atoms with E-state index < -0.39 is 18.1 Å². The smallest absolute Gasteiger partial charge is 0.387 e. The second-order valence-corrected chi connectivity index (χ2v) is 6.39. The summed E-state index contributed by atoms with van der Waals surface area (Å²) in [6, 6.07) is 21.1. The molecule has 1 amide bonds. The molecular formula is C23H15F2NO4. The van der Waals surface area contributed by atoms with Crippen molar-refractivity contribution in [1.29, 1.82) is 0 Å². The Balaban J connectivity index is 1.58. The van der Waals surface area contributed by atoms with Crippen molar-refractivity contribution in [2.45, 2.75) is 6.61 Å². The van der Waals surface area contributed by atoms with Gasteiger partial charge in [0.2, 0.25) is 0 Å². The second kappa shape index (κ2) is 8.16. The van der Waals surface area contributed by atoms with Gasteiger partial charge in [-0.05, 0) is 42.0 Å². The summed E-state index contributed by atoms with van der Waals surface area (Å²) >= 11 is 0. The lowest BCUT2D eigenvalue weighted by atomic mass is 10.0. The standard InChI is InChI=1S/C23H15F2NO4/c24-23(25)30-20-8-4-2-6-18(20)26-21(27)15-11-9-14(10-12-15)17-13-16-5-1-3-7-19(16)29-22(17)28/h1-13,23H,(H,26,27). The zero-order chi connectivity index (χ0) is 21.1. The molecule has 7 heteroatoms. The van der Waals surface area contributed by atoms with E-state index in [0.29, 0.717) is 16.7 Å². The fourth-order valence-corrected chi connectivity index (χ4v) is 3.03. The van der Waals surface area contributed by atoms with Crippen LogP contribution in [0.5, 0.6) is 5.75 Å². The minimum Gasteiger partial charge on any atom is -0.433 e. The summed E-state index contributed by atoms with van der Waals surface area (Å²) in [6.45, 7) is -3.00. The molecule has 0 atom stereocenters. The third-order valence-corrected chi connectivity index (χ3v) is 4.45. The highest BCUT2D eigenvalue weighted by molar-refractivity contribution is 6.05. The van der Waals surface area contributed by atoms with Crippen molar-refractivity contribution in [2.24, 2.45) is 0 Å². The van der Waals surface area contributed by atoms with Gasteiger partial charge in [-0.15, -0.1) is 0 Å². The maximum Gasteiger partial charge on any atom is 0.387 e. The molecule has 150 valence electrons. The molecule has 0 aliphatic heterocycles. The molecule has 0 radical (unpaired) electrons. The Morgan fingerprint density at radius 2 is 1.63 bits per heavy atom. The summed E-state index contributed by atoms with van der Waals surface area (Å²) in [6.07, 6.45) is 0. The topological polar surface area (TPSA) is 68.5 Å². The average molecular weight is 407 g/mol. The maximum absolute atomic E-state index is 12.5. The highest BCUT2D eigenvalue weighted by Gasteiger charge is 2.14. The van der Waals surface area contributed by atoms with Crippen molar-refractivity contribution >= 4 is 22.6 Å². The molecule has 0 aliphatic rings. The maximum atomic E-state index is 12.5. The molecule has 1 heterocycles. The number of ether oxygens (including phenoxy) is 1. The number of rotatable bonds is 5. The molecule has 4 aromatic rings. The molecule has 5 nitrogen and oxygen atoms in total. The minimum atomic E-state index is -3.00. The van der Waals surface area contributed by atoms with Gasteiger partial charge in [0.05, 0.1) is 11.3 Å². The second-order valence-electron chi connectivity index (χ2n) is 6.39. The average Bonchev–Trinajstić information content (AvgIpc) is 2.74. The van der Waals surface area contributed by atoms with Gasteiger partial charge in [-0.1, -0.05) is 42.5 Å². The first-order valence-electron chi connectivity index (χ1n) is 9.00. The molecule has 0 aliphatic carbocycles. The molecule has 0 fully saturated rings. The van der Waals surface area contributed by atoms with Crippen LogP contribution in [0.2, 0.25) is 0 Å². The third-order valence-electron chi connectivity index (χ3n) is 4.45. The lowest BCUT2D eigenvalue weighted by Crippen LogP contribution is -2.14. The molecule has 0 bridgehead atoms. The summed E-state index contributed by atoms with van der Waals surface area (Å²) in [7, 11) is 0. The van der Waals surface area contributed by atoms with E-state index in [1.807, 2.05) is 12.1 Å². The molecular weight excluding hydrogens is 392 g/mol. The highest BCUT2D eigenvalue weighted by Crippen LogP contribution is 2.26. The van der Waals surface area contributed by atoms with Crippen molar-refractivity contribution in [1.82, 2.24) is 0 Å². The fourth-order valence-electron chi connectivity index (χ4n) is 3.03. The first kappa shape index (κ1) is 19.3. The molecule has 1 N–H and O–H groups in total. The van der Waals surface area contributed by atoms with E-state index in [4.69, 9.17) is 4.42 Å². The number of benzene rings is 3. The predicted octanol–water partition coefficient (Wildman–Crippen LogP) is 5.31. The SMILES string of the molecule is O=C(Nc1ccccc1OC(F)F)c1ccc(-c2cc3ccccc3oc2=O)cc1. The lowest BCUT2D eigenvalue weighted by molar-refractivity contribution is -0.0493. The number of hydrogen-bond acceptors (Lipinski definition) is 4. The molecule has 3 aromatic carbocycles. The van der Waals surface area contributed by atoms with Crippen LogP contribution >= 0.6 is 0 Å². The van der Waals surface area contributed by atoms with Gasteiger partial charge < -0.3 is 14.5 Å². The zero-order valence-corrected chi connectivity index (χ0v) is 15.5. The number of alkyl halides is 2. The van der Waals surface area contributed by atoms with Gasteiger partial charge in [0, 0.05) is 10.9 Å². The zero-order valence-electron chi connectivity index (χ0n) is 15.5. The Labute approximate surface area is 169 Å². The lowest BCUT2D eigenvalue weighted by Gasteiger charge is -2.12. The van der Waals surface area contributed by atoms with E-state index in [0.717, 1.165) is 5.39 Å². The van der Waals surface area contributed by atoms with Gasteiger partial charge in [-0.25, -0.2) is 4.79 Å². The molecule has 4 rings (SSSR count). The van der Waals surface area contributed by atoms with Gasteiger partial charge in [0.15, 0.2) is 0 Å². The van der Waals surface area contributed by atoms with E-state index in [-0.39, 0.29) is 17.0 Å². The predicted molar refractivity (Wildman–Crippen MR) is 109 cm³/mol. The number of nitrogens with one attached hydrogen (secondary N) is 1. The van der Waals surface area contributed by atoms with E-state index >= 15 is 0 Å². The number of para-hydroxylation sites is 3. The largest absolute Gasteiger partial charge is 0.433 e. The van der Waals surface area contributed by atoms with Crippen LogP contribution in [0.25, 0.3) is 22.1 Å². The van der Waals surface area contributed by atoms with Crippen LogP contribution in [-0.4, -0.2) is 12.5 Å². The van der Waals surface area contributed by atoms with Gasteiger partial charge in [0.25, 0.3) is 5.91 Å². The summed E-state index contributed by atoms with van der Waals surface area (Å²) < 4.78 is 34.8. The highest BCUT2D eigenvalue weighted by atomic mass is 19.3. The van der Waals surface area contributed by atoms with E-state index in [9.17, 15) is 18.4 Å². The van der Waals surface area contributed by atoms with Crippen molar-refractivity contribution in [3.8, 4) is 16.9 Å². The van der Waals surface area contributed by atoms with Crippen molar-refractivity contribution in [3.05, 3.63) is 94.8 Å². The molecule has 0 saturated carbocycles. The minimum absolute atomic E-state index is 0.127. The van der Waals surface area contributed by atoms with Crippen LogP contribution in [-0.2, 0) is 0 Å². The van der Waals surface area contributed by atoms with Crippen LogP contribution in [0.3, 0.4) is 0 Å².